The van der Waals surface area contributed by atoms with Crippen LogP contribution in [0, 0.1) is 0 Å². The summed E-state index contributed by atoms with van der Waals surface area (Å²) in [5.74, 6) is 1.27. The molecule has 0 saturated carbocycles. The Morgan fingerprint density at radius 3 is 2.56 bits per heavy atom. The van der Waals surface area contributed by atoms with Crippen molar-refractivity contribution in [2.75, 3.05) is 55.4 Å². The lowest BCUT2D eigenvalue weighted by Crippen LogP contribution is -2.46. The Kier molecular flexibility index (Phi) is 5.20. The first-order chi connectivity index (χ1) is 8.81. The number of para-hydroxylation sites is 2. The second-order valence-corrected chi connectivity index (χ2v) is 5.72. The first-order valence-corrected chi connectivity index (χ1v) is 8.01. The third-order valence-corrected chi connectivity index (χ3v) is 4.17. The molecule has 0 aliphatic carbocycles. The van der Waals surface area contributed by atoms with Crippen molar-refractivity contribution in [3.8, 4) is 0 Å². The molecule has 2 N–H and O–H groups in total. The predicted octanol–water partition coefficient (Wildman–Crippen LogP) is 2.14. The first kappa shape index (κ1) is 13.6. The van der Waals surface area contributed by atoms with Gasteiger partial charge in [0.2, 0.25) is 0 Å². The molecule has 1 saturated heterocycles. The summed E-state index contributed by atoms with van der Waals surface area (Å²) in [6.45, 7) is 5.73. The molecule has 1 aromatic rings. The van der Waals surface area contributed by atoms with Gasteiger partial charge in [0.25, 0.3) is 0 Å². The summed E-state index contributed by atoms with van der Waals surface area (Å²) in [6.07, 6.45) is 3.48. The van der Waals surface area contributed by atoms with Crippen molar-refractivity contribution in [1.29, 1.82) is 0 Å². The zero-order chi connectivity index (χ0) is 12.8. The van der Waals surface area contributed by atoms with Crippen molar-refractivity contribution in [3.63, 3.8) is 0 Å². The lowest BCUT2D eigenvalue weighted by atomic mass is 10.2. The molecule has 1 aromatic carbocycles. The summed E-state index contributed by atoms with van der Waals surface area (Å²) in [5.41, 5.74) is 8.12. The van der Waals surface area contributed by atoms with Gasteiger partial charge in [-0.2, -0.15) is 11.8 Å². The normalized spacial score (nSPS) is 17.1. The first-order valence-electron chi connectivity index (χ1n) is 6.62. The fourth-order valence-corrected chi connectivity index (χ4v) is 2.84. The molecule has 1 heterocycles. The van der Waals surface area contributed by atoms with Crippen LogP contribution in [0.15, 0.2) is 24.3 Å². The fourth-order valence-electron chi connectivity index (χ4n) is 2.42. The topological polar surface area (TPSA) is 32.5 Å². The summed E-state index contributed by atoms with van der Waals surface area (Å²) in [5, 5.41) is 0. The van der Waals surface area contributed by atoms with E-state index in [9.17, 15) is 0 Å². The molecule has 3 nitrogen and oxygen atoms in total. The molecular formula is C14H23N3S. The van der Waals surface area contributed by atoms with E-state index in [1.54, 1.807) is 0 Å². The van der Waals surface area contributed by atoms with Gasteiger partial charge in [-0.25, -0.2) is 0 Å². The standard InChI is InChI=1S/C14H23N3S/c1-18-12-4-7-16-8-10-17(11-9-16)14-6-3-2-5-13(14)15/h2-3,5-6H,4,7-12,15H2,1H3. The summed E-state index contributed by atoms with van der Waals surface area (Å²) >= 11 is 1.94. The van der Waals surface area contributed by atoms with Crippen LogP contribution in [0.3, 0.4) is 0 Å². The van der Waals surface area contributed by atoms with E-state index >= 15 is 0 Å². The van der Waals surface area contributed by atoms with Crippen LogP contribution in [0.1, 0.15) is 6.42 Å². The third kappa shape index (κ3) is 3.56. The number of hydrogen-bond donors (Lipinski definition) is 1. The summed E-state index contributed by atoms with van der Waals surface area (Å²) in [4.78, 5) is 4.96. The van der Waals surface area contributed by atoms with Crippen molar-refractivity contribution in [2.45, 2.75) is 6.42 Å². The van der Waals surface area contributed by atoms with Gasteiger partial charge in [0.15, 0.2) is 0 Å². The SMILES string of the molecule is CSCCCN1CCN(c2ccccc2N)CC1. The van der Waals surface area contributed by atoms with Crippen molar-refractivity contribution in [1.82, 2.24) is 4.90 Å². The molecule has 0 atom stereocenters. The molecule has 1 aliphatic heterocycles. The predicted molar refractivity (Wildman–Crippen MR) is 82.5 cm³/mol. The highest BCUT2D eigenvalue weighted by molar-refractivity contribution is 7.98. The number of piperazine rings is 1. The average Bonchev–Trinajstić information content (AvgIpc) is 2.41. The second kappa shape index (κ2) is 6.90. The van der Waals surface area contributed by atoms with Gasteiger partial charge in [-0.3, -0.25) is 4.90 Å². The van der Waals surface area contributed by atoms with E-state index in [0.717, 1.165) is 31.9 Å². The lowest BCUT2D eigenvalue weighted by molar-refractivity contribution is 0.259. The van der Waals surface area contributed by atoms with Gasteiger partial charge < -0.3 is 10.6 Å². The average molecular weight is 265 g/mol. The summed E-state index contributed by atoms with van der Waals surface area (Å²) in [7, 11) is 0. The van der Waals surface area contributed by atoms with Crippen molar-refractivity contribution in [2.24, 2.45) is 0 Å². The maximum Gasteiger partial charge on any atom is 0.0600 e. The van der Waals surface area contributed by atoms with E-state index in [-0.39, 0.29) is 0 Å². The molecule has 1 aliphatic rings. The van der Waals surface area contributed by atoms with Crippen molar-refractivity contribution < 1.29 is 0 Å². The highest BCUT2D eigenvalue weighted by Gasteiger charge is 2.17. The highest BCUT2D eigenvalue weighted by Crippen LogP contribution is 2.23. The van der Waals surface area contributed by atoms with E-state index in [1.807, 2.05) is 23.9 Å². The van der Waals surface area contributed by atoms with Crippen LogP contribution in [0.25, 0.3) is 0 Å². The molecule has 18 heavy (non-hydrogen) atoms. The molecule has 0 spiro atoms. The maximum atomic E-state index is 6.03. The molecule has 0 bridgehead atoms. The molecule has 100 valence electrons. The number of thioether (sulfide) groups is 1. The van der Waals surface area contributed by atoms with E-state index in [1.165, 1.54) is 24.4 Å². The molecule has 0 radical (unpaired) electrons. The zero-order valence-electron chi connectivity index (χ0n) is 11.1. The monoisotopic (exact) mass is 265 g/mol. The number of nitrogens with two attached hydrogens (primary N) is 1. The number of benzene rings is 1. The second-order valence-electron chi connectivity index (χ2n) is 4.73. The van der Waals surface area contributed by atoms with Crippen molar-refractivity contribution >= 4 is 23.1 Å². The molecule has 1 fully saturated rings. The molecule has 0 aromatic heterocycles. The van der Waals surface area contributed by atoms with Crippen LogP contribution < -0.4 is 10.6 Å². The van der Waals surface area contributed by atoms with Gasteiger partial charge in [0, 0.05) is 26.2 Å². The minimum absolute atomic E-state index is 0.897. The van der Waals surface area contributed by atoms with E-state index < -0.39 is 0 Å². The minimum Gasteiger partial charge on any atom is -0.397 e. The van der Waals surface area contributed by atoms with Crippen LogP contribution in [-0.2, 0) is 0 Å². The van der Waals surface area contributed by atoms with Gasteiger partial charge in [-0.15, -0.1) is 0 Å². The van der Waals surface area contributed by atoms with Crippen LogP contribution in [0.4, 0.5) is 11.4 Å². The summed E-state index contributed by atoms with van der Waals surface area (Å²) in [6, 6.07) is 8.17. The quantitative estimate of drug-likeness (QED) is 0.653. The minimum atomic E-state index is 0.897. The highest BCUT2D eigenvalue weighted by atomic mass is 32.2. The Bertz CT molecular complexity index is 362. The molecule has 2 rings (SSSR count). The van der Waals surface area contributed by atoms with Crippen LogP contribution in [0.5, 0.6) is 0 Å². The Labute approximate surface area is 114 Å². The molecule has 0 amide bonds. The summed E-state index contributed by atoms with van der Waals surface area (Å²) < 4.78 is 0. The Hall–Kier alpha value is -0.870. The van der Waals surface area contributed by atoms with Crippen LogP contribution in [-0.4, -0.2) is 49.6 Å². The lowest BCUT2D eigenvalue weighted by Gasteiger charge is -2.36. The third-order valence-electron chi connectivity index (χ3n) is 3.47. The largest absolute Gasteiger partial charge is 0.397 e. The zero-order valence-corrected chi connectivity index (χ0v) is 12.0. The molecule has 4 heteroatoms. The number of anilines is 2. The van der Waals surface area contributed by atoms with Gasteiger partial charge in [0.05, 0.1) is 11.4 Å². The maximum absolute atomic E-state index is 6.03. The van der Waals surface area contributed by atoms with Gasteiger partial charge in [-0.1, -0.05) is 12.1 Å². The molecular weight excluding hydrogens is 242 g/mol. The number of nitrogen functional groups attached to an aromatic ring is 1. The van der Waals surface area contributed by atoms with E-state index in [0.29, 0.717) is 0 Å². The number of nitrogens with zero attached hydrogens (tertiary/aromatic N) is 2. The van der Waals surface area contributed by atoms with Crippen molar-refractivity contribution in [3.05, 3.63) is 24.3 Å². The fraction of sp³-hybridized carbons (Fsp3) is 0.571. The number of hydrogen-bond acceptors (Lipinski definition) is 4. The Balaban J connectivity index is 1.81. The van der Waals surface area contributed by atoms with E-state index in [4.69, 9.17) is 5.73 Å². The number of rotatable bonds is 5. The Morgan fingerprint density at radius 2 is 1.89 bits per heavy atom. The smallest absolute Gasteiger partial charge is 0.0600 e. The molecule has 0 unspecified atom stereocenters. The van der Waals surface area contributed by atoms with Gasteiger partial charge in [-0.05, 0) is 37.1 Å². The van der Waals surface area contributed by atoms with Crippen LogP contribution in [0.2, 0.25) is 0 Å². The van der Waals surface area contributed by atoms with Gasteiger partial charge >= 0.3 is 0 Å². The Morgan fingerprint density at radius 1 is 1.17 bits per heavy atom. The van der Waals surface area contributed by atoms with Gasteiger partial charge in [0.1, 0.15) is 0 Å². The van der Waals surface area contributed by atoms with Crippen LogP contribution >= 0.6 is 11.8 Å². The van der Waals surface area contributed by atoms with E-state index in [2.05, 4.69) is 28.2 Å².